The number of phenolic OH excluding ortho intramolecular Hbond substituents is 2. The molecule has 0 aromatic heterocycles. The van der Waals surface area contributed by atoms with Gasteiger partial charge < -0.3 is 20.6 Å². The minimum Gasteiger partial charge on any atom is -0.507 e. The van der Waals surface area contributed by atoms with Gasteiger partial charge >= 0.3 is 5.97 Å². The molecule has 0 amide bonds. The summed E-state index contributed by atoms with van der Waals surface area (Å²) in [7, 11) is 0. The monoisotopic (exact) mass is 293 g/mol. The first kappa shape index (κ1) is 15.6. The number of hydrogen-bond donors (Lipinski definition) is 4. The first-order valence-electron chi connectivity index (χ1n) is 7.47. The van der Waals surface area contributed by atoms with E-state index >= 15 is 0 Å². The third-order valence-corrected chi connectivity index (χ3v) is 4.41. The minimum atomic E-state index is -0.723. The Bertz CT molecular complexity index is 483. The molecule has 5 nitrogen and oxygen atoms in total. The Balaban J connectivity index is 2.00. The van der Waals surface area contributed by atoms with Crippen LogP contribution in [0.15, 0.2) is 18.2 Å². The molecule has 1 aliphatic rings. The van der Waals surface area contributed by atoms with Crippen LogP contribution in [0.3, 0.4) is 0 Å². The average molecular weight is 293 g/mol. The van der Waals surface area contributed by atoms with Crippen molar-refractivity contribution in [2.45, 2.75) is 38.6 Å². The molecule has 1 fully saturated rings. The molecule has 0 saturated heterocycles. The second kappa shape index (κ2) is 6.80. The van der Waals surface area contributed by atoms with E-state index in [4.69, 9.17) is 0 Å². The van der Waals surface area contributed by atoms with Crippen molar-refractivity contribution in [1.82, 2.24) is 5.32 Å². The summed E-state index contributed by atoms with van der Waals surface area (Å²) in [6.07, 6.45) is 3.68. The number of nitrogens with one attached hydrogen (secondary N) is 1. The topological polar surface area (TPSA) is 89.8 Å². The lowest BCUT2D eigenvalue weighted by Gasteiger charge is -2.30. The van der Waals surface area contributed by atoms with Crippen molar-refractivity contribution in [3.8, 4) is 11.5 Å². The Morgan fingerprint density at radius 2 is 1.90 bits per heavy atom. The molecule has 116 valence electrons. The molecule has 4 N–H and O–H groups in total. The SMILES string of the molecule is CC(NCC1CCCCC1C(=O)O)c1c(O)cccc1O. The van der Waals surface area contributed by atoms with Crippen LogP contribution in [0.4, 0.5) is 0 Å². The van der Waals surface area contributed by atoms with Gasteiger partial charge in [0, 0.05) is 6.04 Å². The van der Waals surface area contributed by atoms with E-state index in [-0.39, 0.29) is 29.4 Å². The van der Waals surface area contributed by atoms with Crippen LogP contribution in [0, 0.1) is 11.8 Å². The number of hydrogen-bond acceptors (Lipinski definition) is 4. The van der Waals surface area contributed by atoms with Crippen LogP contribution in [0.5, 0.6) is 11.5 Å². The number of aliphatic carboxylic acids is 1. The van der Waals surface area contributed by atoms with E-state index in [0.717, 1.165) is 25.7 Å². The van der Waals surface area contributed by atoms with Crippen LogP contribution < -0.4 is 5.32 Å². The number of carboxylic acid groups (broad SMARTS) is 1. The third-order valence-electron chi connectivity index (χ3n) is 4.41. The van der Waals surface area contributed by atoms with Gasteiger partial charge in [0.1, 0.15) is 11.5 Å². The minimum absolute atomic E-state index is 0.0495. The van der Waals surface area contributed by atoms with Gasteiger partial charge in [-0.1, -0.05) is 18.9 Å². The zero-order chi connectivity index (χ0) is 15.4. The molecule has 1 saturated carbocycles. The average Bonchev–Trinajstić information content (AvgIpc) is 2.45. The summed E-state index contributed by atoms with van der Waals surface area (Å²) >= 11 is 0. The summed E-state index contributed by atoms with van der Waals surface area (Å²) in [6, 6.07) is 4.42. The highest BCUT2D eigenvalue weighted by Crippen LogP contribution is 2.34. The maximum Gasteiger partial charge on any atom is 0.306 e. The summed E-state index contributed by atoms with van der Waals surface area (Å²) in [5.41, 5.74) is 0.459. The molecule has 0 aliphatic heterocycles. The van der Waals surface area contributed by atoms with Crippen molar-refractivity contribution in [3.63, 3.8) is 0 Å². The summed E-state index contributed by atoms with van der Waals surface area (Å²) in [5.74, 6) is -0.815. The fourth-order valence-corrected chi connectivity index (χ4v) is 3.19. The molecule has 1 aromatic carbocycles. The Morgan fingerprint density at radius 1 is 1.29 bits per heavy atom. The smallest absolute Gasteiger partial charge is 0.306 e. The van der Waals surface area contributed by atoms with E-state index in [9.17, 15) is 20.1 Å². The normalized spacial score (nSPS) is 23.7. The molecule has 0 spiro atoms. The second-order valence-electron chi connectivity index (χ2n) is 5.83. The molecule has 21 heavy (non-hydrogen) atoms. The summed E-state index contributed by atoms with van der Waals surface area (Å²) < 4.78 is 0. The predicted octanol–water partition coefficient (Wildman–Crippen LogP) is 2.64. The van der Waals surface area contributed by atoms with Crippen molar-refractivity contribution in [1.29, 1.82) is 0 Å². The lowest BCUT2D eigenvalue weighted by atomic mass is 9.79. The van der Waals surface area contributed by atoms with Crippen molar-refractivity contribution in [2.75, 3.05) is 6.54 Å². The number of carboxylic acids is 1. The fraction of sp³-hybridized carbons (Fsp3) is 0.562. The molecule has 0 bridgehead atoms. The number of aromatic hydroxyl groups is 2. The van der Waals surface area contributed by atoms with Gasteiger partial charge in [-0.15, -0.1) is 0 Å². The molecule has 3 unspecified atom stereocenters. The highest BCUT2D eigenvalue weighted by Gasteiger charge is 2.31. The summed E-state index contributed by atoms with van der Waals surface area (Å²) in [6.45, 7) is 2.43. The number of carbonyl (C=O) groups is 1. The van der Waals surface area contributed by atoms with E-state index in [0.29, 0.717) is 12.1 Å². The Labute approximate surface area is 124 Å². The lowest BCUT2D eigenvalue weighted by Crippen LogP contribution is -2.35. The van der Waals surface area contributed by atoms with Crippen LogP contribution in [0.1, 0.15) is 44.2 Å². The van der Waals surface area contributed by atoms with E-state index in [1.165, 1.54) is 12.1 Å². The van der Waals surface area contributed by atoms with Crippen LogP contribution in [0.25, 0.3) is 0 Å². The quantitative estimate of drug-likeness (QED) is 0.670. The van der Waals surface area contributed by atoms with Crippen molar-refractivity contribution >= 4 is 5.97 Å². The van der Waals surface area contributed by atoms with Crippen LogP contribution in [-0.4, -0.2) is 27.8 Å². The highest BCUT2D eigenvalue weighted by atomic mass is 16.4. The van der Waals surface area contributed by atoms with E-state index in [1.807, 2.05) is 6.92 Å². The van der Waals surface area contributed by atoms with Crippen LogP contribution >= 0.6 is 0 Å². The molecule has 0 heterocycles. The van der Waals surface area contributed by atoms with Crippen molar-refractivity contribution in [2.24, 2.45) is 11.8 Å². The van der Waals surface area contributed by atoms with E-state index in [1.54, 1.807) is 6.07 Å². The molecule has 2 rings (SSSR count). The van der Waals surface area contributed by atoms with Gasteiger partial charge in [-0.2, -0.15) is 0 Å². The fourth-order valence-electron chi connectivity index (χ4n) is 3.19. The Morgan fingerprint density at radius 3 is 2.52 bits per heavy atom. The van der Waals surface area contributed by atoms with E-state index < -0.39 is 5.97 Å². The van der Waals surface area contributed by atoms with Gasteiger partial charge in [0.25, 0.3) is 0 Å². The van der Waals surface area contributed by atoms with Gasteiger partial charge in [-0.05, 0) is 44.4 Å². The molecular weight excluding hydrogens is 270 g/mol. The summed E-state index contributed by atoms with van der Waals surface area (Å²) in [5, 5.41) is 32.2. The Kier molecular flexibility index (Phi) is 5.07. The number of phenols is 2. The van der Waals surface area contributed by atoms with Gasteiger partial charge in [0.15, 0.2) is 0 Å². The number of benzene rings is 1. The molecule has 0 radical (unpaired) electrons. The van der Waals surface area contributed by atoms with Crippen molar-refractivity contribution < 1.29 is 20.1 Å². The maximum absolute atomic E-state index is 11.3. The maximum atomic E-state index is 11.3. The lowest BCUT2D eigenvalue weighted by molar-refractivity contribution is -0.144. The first-order valence-corrected chi connectivity index (χ1v) is 7.47. The summed E-state index contributed by atoms with van der Waals surface area (Å²) in [4.78, 5) is 11.3. The molecule has 1 aromatic rings. The van der Waals surface area contributed by atoms with E-state index in [2.05, 4.69) is 5.32 Å². The van der Waals surface area contributed by atoms with Crippen molar-refractivity contribution in [3.05, 3.63) is 23.8 Å². The predicted molar refractivity (Wildman–Crippen MR) is 79.3 cm³/mol. The van der Waals surface area contributed by atoms with Gasteiger partial charge in [-0.25, -0.2) is 0 Å². The molecule has 1 aliphatic carbocycles. The van der Waals surface area contributed by atoms with Gasteiger partial charge in [-0.3, -0.25) is 4.79 Å². The van der Waals surface area contributed by atoms with Crippen LogP contribution in [0.2, 0.25) is 0 Å². The zero-order valence-corrected chi connectivity index (χ0v) is 12.2. The Hall–Kier alpha value is -1.75. The largest absolute Gasteiger partial charge is 0.507 e. The second-order valence-corrected chi connectivity index (χ2v) is 5.83. The number of rotatable bonds is 5. The standard InChI is InChI=1S/C16H23NO4/c1-10(15-13(18)7-4-8-14(15)19)17-9-11-5-2-3-6-12(11)16(20)21/h4,7-8,10-12,17-19H,2-3,5-6,9H2,1H3,(H,20,21). The molecule has 3 atom stereocenters. The highest BCUT2D eigenvalue weighted by molar-refractivity contribution is 5.70. The van der Waals surface area contributed by atoms with Gasteiger partial charge in [0.2, 0.25) is 0 Å². The first-order chi connectivity index (χ1) is 10.0. The zero-order valence-electron chi connectivity index (χ0n) is 12.2. The molecule has 5 heteroatoms. The van der Waals surface area contributed by atoms with Crippen LogP contribution in [-0.2, 0) is 4.79 Å². The molecular formula is C16H23NO4. The third kappa shape index (κ3) is 3.67. The van der Waals surface area contributed by atoms with Gasteiger partial charge in [0.05, 0.1) is 11.5 Å².